The van der Waals surface area contributed by atoms with Crippen molar-refractivity contribution >= 4 is 0 Å². The average molecular weight is 271 g/mol. The van der Waals surface area contributed by atoms with Crippen LogP contribution in [0.15, 0.2) is 53.1 Å². The molecule has 0 saturated heterocycles. The van der Waals surface area contributed by atoms with Gasteiger partial charge in [0.2, 0.25) is 0 Å². The summed E-state index contributed by atoms with van der Waals surface area (Å²) in [4.78, 5) is 0. The van der Waals surface area contributed by atoms with Crippen LogP contribution in [0.25, 0.3) is 0 Å². The van der Waals surface area contributed by atoms with E-state index in [2.05, 4.69) is 17.4 Å². The van der Waals surface area contributed by atoms with Crippen molar-refractivity contribution < 1.29 is 9.52 Å². The Labute approximate surface area is 119 Å². The minimum absolute atomic E-state index is 0.0855. The zero-order valence-corrected chi connectivity index (χ0v) is 11.6. The fraction of sp³-hybridized carbons (Fsp3) is 0.412. The van der Waals surface area contributed by atoms with Crippen molar-refractivity contribution in [3.63, 3.8) is 0 Å². The molecule has 1 atom stereocenters. The third-order valence-corrected chi connectivity index (χ3v) is 4.24. The Bertz CT molecular complexity index is 517. The van der Waals surface area contributed by atoms with Gasteiger partial charge in [-0.2, -0.15) is 0 Å². The fourth-order valence-corrected chi connectivity index (χ4v) is 2.73. The lowest BCUT2D eigenvalue weighted by Gasteiger charge is -2.21. The topological polar surface area (TPSA) is 45.4 Å². The number of furan rings is 1. The molecule has 1 aromatic carbocycles. The van der Waals surface area contributed by atoms with Crippen LogP contribution in [0.5, 0.6) is 0 Å². The van der Waals surface area contributed by atoms with Crippen molar-refractivity contribution in [2.45, 2.75) is 25.3 Å². The minimum atomic E-state index is 0.0855. The van der Waals surface area contributed by atoms with Gasteiger partial charge in [0.15, 0.2) is 0 Å². The van der Waals surface area contributed by atoms with Gasteiger partial charge in [-0.1, -0.05) is 30.3 Å². The van der Waals surface area contributed by atoms with Gasteiger partial charge in [-0.3, -0.25) is 0 Å². The molecule has 106 valence electrons. The number of aliphatic hydroxyl groups is 1. The Morgan fingerprint density at radius 3 is 2.55 bits per heavy atom. The van der Waals surface area contributed by atoms with Crippen LogP contribution in [0, 0.1) is 5.41 Å². The molecule has 1 aromatic heterocycles. The fourth-order valence-electron chi connectivity index (χ4n) is 2.73. The van der Waals surface area contributed by atoms with E-state index >= 15 is 0 Å². The van der Waals surface area contributed by atoms with Gasteiger partial charge in [-0.25, -0.2) is 0 Å². The molecule has 2 aromatic rings. The third-order valence-electron chi connectivity index (χ3n) is 4.24. The molecule has 1 aliphatic carbocycles. The Kier molecular flexibility index (Phi) is 3.90. The second-order valence-corrected chi connectivity index (χ2v) is 5.71. The molecule has 2 N–H and O–H groups in total. The van der Waals surface area contributed by atoms with E-state index in [9.17, 15) is 0 Å². The summed E-state index contributed by atoms with van der Waals surface area (Å²) in [5.74, 6) is 0.941. The first-order chi connectivity index (χ1) is 9.83. The summed E-state index contributed by atoms with van der Waals surface area (Å²) in [5, 5.41) is 12.8. The highest BCUT2D eigenvalue weighted by atomic mass is 16.3. The number of nitrogens with one attached hydrogen (secondary N) is 1. The molecule has 0 spiro atoms. The van der Waals surface area contributed by atoms with E-state index in [1.54, 1.807) is 6.26 Å². The molecule has 3 rings (SSSR count). The summed E-state index contributed by atoms with van der Waals surface area (Å²) >= 11 is 0. The first kappa shape index (κ1) is 13.4. The van der Waals surface area contributed by atoms with Gasteiger partial charge in [-0.15, -0.1) is 0 Å². The van der Waals surface area contributed by atoms with E-state index in [4.69, 9.17) is 9.52 Å². The number of benzene rings is 1. The lowest BCUT2D eigenvalue weighted by molar-refractivity contribution is 0.242. The highest BCUT2D eigenvalue weighted by Crippen LogP contribution is 2.48. The van der Waals surface area contributed by atoms with Crippen LogP contribution in [0.2, 0.25) is 0 Å². The predicted molar refractivity (Wildman–Crippen MR) is 78.4 cm³/mol. The van der Waals surface area contributed by atoms with Gasteiger partial charge in [0.1, 0.15) is 5.76 Å². The third kappa shape index (κ3) is 2.94. The van der Waals surface area contributed by atoms with E-state index in [-0.39, 0.29) is 12.6 Å². The molecule has 3 heteroatoms. The van der Waals surface area contributed by atoms with Crippen molar-refractivity contribution in [1.82, 2.24) is 5.32 Å². The van der Waals surface area contributed by atoms with E-state index in [0.29, 0.717) is 5.41 Å². The molecule has 20 heavy (non-hydrogen) atoms. The van der Waals surface area contributed by atoms with Gasteiger partial charge in [0, 0.05) is 13.2 Å². The smallest absolute Gasteiger partial charge is 0.125 e. The van der Waals surface area contributed by atoms with Gasteiger partial charge >= 0.3 is 0 Å². The van der Waals surface area contributed by atoms with E-state index in [0.717, 1.165) is 18.7 Å². The van der Waals surface area contributed by atoms with Crippen LogP contribution in [0.4, 0.5) is 0 Å². The molecular formula is C17H21NO2. The molecule has 0 amide bonds. The van der Waals surface area contributed by atoms with Crippen LogP contribution in [0.1, 0.15) is 36.6 Å². The molecule has 1 unspecified atom stereocenters. The van der Waals surface area contributed by atoms with Crippen molar-refractivity contribution in [2.75, 3.05) is 13.2 Å². The molecule has 0 bridgehead atoms. The van der Waals surface area contributed by atoms with Crippen LogP contribution in [-0.2, 0) is 0 Å². The number of hydrogen-bond donors (Lipinski definition) is 2. The monoisotopic (exact) mass is 271 g/mol. The maximum absolute atomic E-state index is 9.16. The molecular weight excluding hydrogens is 250 g/mol. The van der Waals surface area contributed by atoms with Crippen molar-refractivity contribution in [3.8, 4) is 0 Å². The zero-order chi connectivity index (χ0) is 13.8. The summed E-state index contributed by atoms with van der Waals surface area (Å²) in [6.07, 6.45) is 5.02. The Morgan fingerprint density at radius 1 is 1.15 bits per heavy atom. The van der Waals surface area contributed by atoms with Crippen molar-refractivity contribution in [1.29, 1.82) is 0 Å². The van der Waals surface area contributed by atoms with Crippen LogP contribution in [-0.4, -0.2) is 18.3 Å². The van der Waals surface area contributed by atoms with Gasteiger partial charge < -0.3 is 14.8 Å². The maximum Gasteiger partial charge on any atom is 0.125 e. The molecule has 1 aliphatic rings. The van der Waals surface area contributed by atoms with Gasteiger partial charge in [0.25, 0.3) is 0 Å². The summed E-state index contributed by atoms with van der Waals surface area (Å²) in [7, 11) is 0. The molecule has 1 fully saturated rings. The molecule has 1 heterocycles. The van der Waals surface area contributed by atoms with E-state index in [1.807, 2.05) is 30.3 Å². The quantitative estimate of drug-likeness (QED) is 0.813. The van der Waals surface area contributed by atoms with Crippen LogP contribution >= 0.6 is 0 Å². The van der Waals surface area contributed by atoms with Crippen molar-refractivity contribution in [2.24, 2.45) is 5.41 Å². The summed E-state index contributed by atoms with van der Waals surface area (Å²) < 4.78 is 5.58. The summed E-state index contributed by atoms with van der Waals surface area (Å²) in [6.45, 7) is 1.20. The lowest BCUT2D eigenvalue weighted by Crippen LogP contribution is -2.29. The first-order valence-electron chi connectivity index (χ1n) is 7.26. The first-order valence-corrected chi connectivity index (χ1v) is 7.26. The second-order valence-electron chi connectivity index (χ2n) is 5.71. The van der Waals surface area contributed by atoms with Crippen LogP contribution < -0.4 is 5.32 Å². The zero-order valence-electron chi connectivity index (χ0n) is 11.6. The summed E-state index contributed by atoms with van der Waals surface area (Å²) in [6, 6.07) is 14.4. The van der Waals surface area contributed by atoms with E-state index in [1.165, 1.54) is 18.4 Å². The molecule has 0 radical (unpaired) electrons. The average Bonchev–Trinajstić information content (AvgIpc) is 3.03. The lowest BCUT2D eigenvalue weighted by atomic mass is 10.00. The highest BCUT2D eigenvalue weighted by Gasteiger charge is 2.42. The molecule has 3 nitrogen and oxygen atoms in total. The maximum atomic E-state index is 9.16. The Morgan fingerprint density at radius 2 is 1.95 bits per heavy atom. The largest absolute Gasteiger partial charge is 0.467 e. The number of aliphatic hydroxyl groups excluding tert-OH is 1. The number of rotatable bonds is 7. The second kappa shape index (κ2) is 5.81. The Balaban J connectivity index is 1.74. The van der Waals surface area contributed by atoms with Gasteiger partial charge in [0.05, 0.1) is 12.3 Å². The normalized spacial score (nSPS) is 17.9. The number of hydrogen-bond acceptors (Lipinski definition) is 3. The van der Waals surface area contributed by atoms with E-state index < -0.39 is 0 Å². The van der Waals surface area contributed by atoms with Crippen LogP contribution in [0.3, 0.4) is 0 Å². The van der Waals surface area contributed by atoms with Gasteiger partial charge in [-0.05, 0) is 42.4 Å². The Hall–Kier alpha value is -1.58. The van der Waals surface area contributed by atoms with Crippen molar-refractivity contribution in [3.05, 3.63) is 60.1 Å². The summed E-state index contributed by atoms with van der Waals surface area (Å²) in [5.41, 5.74) is 1.51. The predicted octanol–water partition coefficient (Wildman–Crippen LogP) is 3.12. The minimum Gasteiger partial charge on any atom is -0.467 e. The standard InChI is InChI=1S/C17H21NO2/c19-11-10-17(8-9-17)13-18-16(15-7-4-12-20-15)14-5-2-1-3-6-14/h1-7,12,16,18-19H,8-11,13H2. The highest BCUT2D eigenvalue weighted by molar-refractivity contribution is 5.26. The molecule has 0 aliphatic heterocycles. The SMILES string of the molecule is OCCC1(CNC(c2ccccc2)c2ccco2)CC1. The molecule has 1 saturated carbocycles.